The van der Waals surface area contributed by atoms with Gasteiger partial charge in [-0.25, -0.2) is 4.99 Å². The van der Waals surface area contributed by atoms with Gasteiger partial charge in [0, 0.05) is 45.3 Å². The van der Waals surface area contributed by atoms with Crippen LogP contribution in [0, 0.1) is 12.8 Å². The molecule has 1 heterocycles. The Labute approximate surface area is 177 Å². The molecule has 6 heteroatoms. The van der Waals surface area contributed by atoms with Crippen LogP contribution in [-0.4, -0.2) is 63.9 Å². The smallest absolute Gasteiger partial charge is 0.191 e. The predicted octanol–water partition coefficient (Wildman–Crippen LogP) is 3.20. The second-order valence-corrected chi connectivity index (χ2v) is 7.84. The van der Waals surface area contributed by atoms with Crippen LogP contribution in [0.3, 0.4) is 0 Å². The number of nitrogens with zero attached hydrogens (tertiary/aromatic N) is 2. The van der Waals surface area contributed by atoms with Gasteiger partial charge in [0.1, 0.15) is 5.75 Å². The normalized spacial score (nSPS) is 17.5. The van der Waals surface area contributed by atoms with Crippen LogP contribution in [-0.2, 0) is 11.3 Å². The zero-order valence-electron chi connectivity index (χ0n) is 18.8. The lowest BCUT2D eigenvalue weighted by Crippen LogP contribution is -2.40. The topological polar surface area (TPSA) is 58.1 Å². The number of methoxy groups -OCH3 is 1. The van der Waals surface area contributed by atoms with Crippen molar-refractivity contribution in [2.24, 2.45) is 10.9 Å². The maximum Gasteiger partial charge on any atom is 0.191 e. The molecule has 6 nitrogen and oxygen atoms in total. The molecule has 1 aromatic rings. The van der Waals surface area contributed by atoms with Gasteiger partial charge in [-0.3, -0.25) is 0 Å². The third-order valence-corrected chi connectivity index (χ3v) is 5.19. The van der Waals surface area contributed by atoms with E-state index >= 15 is 0 Å². The van der Waals surface area contributed by atoms with Gasteiger partial charge < -0.3 is 25.0 Å². The van der Waals surface area contributed by atoms with Crippen molar-refractivity contribution < 1.29 is 9.47 Å². The minimum atomic E-state index is 0.599. The molecule has 0 saturated carbocycles. The molecular weight excluding hydrogens is 364 g/mol. The SMILES string of the molecule is CCCN1CCC(CNC(=NCc2ccc(C)cc2OCCCOC)NCC)C1. The van der Waals surface area contributed by atoms with E-state index < -0.39 is 0 Å². The Hall–Kier alpha value is -1.79. The molecule has 2 N–H and O–H groups in total. The van der Waals surface area contributed by atoms with E-state index in [1.807, 2.05) is 0 Å². The largest absolute Gasteiger partial charge is 0.493 e. The highest BCUT2D eigenvalue weighted by atomic mass is 16.5. The number of rotatable bonds is 12. The summed E-state index contributed by atoms with van der Waals surface area (Å²) in [6.45, 7) is 13.9. The molecular formula is C23H40N4O2. The van der Waals surface area contributed by atoms with E-state index in [1.165, 1.54) is 38.0 Å². The zero-order valence-corrected chi connectivity index (χ0v) is 18.8. The number of hydrogen-bond donors (Lipinski definition) is 2. The lowest BCUT2D eigenvalue weighted by Gasteiger charge is -2.17. The third kappa shape index (κ3) is 8.62. The standard InChI is InChI=1S/C23H40N4O2/c1-5-11-27-12-10-20(18-27)16-25-23(24-6-2)26-17-21-9-8-19(3)15-22(21)29-14-7-13-28-4/h8-9,15,20H,5-7,10-14,16-18H2,1-4H3,(H2,24,25,26). The Morgan fingerprint density at radius 1 is 1.24 bits per heavy atom. The van der Waals surface area contributed by atoms with Crippen LogP contribution in [0.5, 0.6) is 5.75 Å². The Kier molecular flexibility index (Phi) is 10.9. The first-order valence-electron chi connectivity index (χ1n) is 11.1. The van der Waals surface area contributed by atoms with Crippen LogP contribution in [0.15, 0.2) is 23.2 Å². The molecule has 0 amide bonds. The van der Waals surface area contributed by atoms with Crippen molar-refractivity contribution in [2.75, 3.05) is 53.0 Å². The molecule has 2 rings (SSSR count). The van der Waals surface area contributed by atoms with Gasteiger partial charge in [0.15, 0.2) is 5.96 Å². The van der Waals surface area contributed by atoms with Gasteiger partial charge in [-0.15, -0.1) is 0 Å². The summed E-state index contributed by atoms with van der Waals surface area (Å²) in [4.78, 5) is 7.38. The van der Waals surface area contributed by atoms with E-state index in [9.17, 15) is 0 Å². The summed E-state index contributed by atoms with van der Waals surface area (Å²) in [6, 6.07) is 6.33. The van der Waals surface area contributed by atoms with Crippen LogP contribution >= 0.6 is 0 Å². The molecule has 0 spiro atoms. The molecule has 1 fully saturated rings. The molecule has 0 aliphatic carbocycles. The summed E-state index contributed by atoms with van der Waals surface area (Å²) in [7, 11) is 1.72. The van der Waals surface area contributed by atoms with Crippen molar-refractivity contribution in [1.82, 2.24) is 15.5 Å². The first kappa shape index (κ1) is 23.5. The van der Waals surface area contributed by atoms with Gasteiger partial charge >= 0.3 is 0 Å². The van der Waals surface area contributed by atoms with Crippen LogP contribution in [0.2, 0.25) is 0 Å². The number of benzene rings is 1. The van der Waals surface area contributed by atoms with Crippen molar-refractivity contribution >= 4 is 5.96 Å². The van der Waals surface area contributed by atoms with Crippen LogP contribution in [0.1, 0.15) is 44.2 Å². The minimum absolute atomic E-state index is 0.599. The maximum absolute atomic E-state index is 5.99. The minimum Gasteiger partial charge on any atom is -0.493 e. The average molecular weight is 405 g/mol. The Morgan fingerprint density at radius 3 is 2.86 bits per heavy atom. The molecule has 1 unspecified atom stereocenters. The number of aliphatic imine (C=N–C) groups is 1. The molecule has 1 aromatic carbocycles. The van der Waals surface area contributed by atoms with E-state index in [0.29, 0.717) is 25.7 Å². The maximum atomic E-state index is 5.99. The number of aryl methyl sites for hydroxylation is 1. The van der Waals surface area contributed by atoms with Crippen molar-refractivity contribution in [3.63, 3.8) is 0 Å². The fraction of sp³-hybridized carbons (Fsp3) is 0.696. The highest BCUT2D eigenvalue weighted by Crippen LogP contribution is 2.21. The fourth-order valence-corrected chi connectivity index (χ4v) is 3.66. The van der Waals surface area contributed by atoms with Crippen LogP contribution < -0.4 is 15.4 Å². The van der Waals surface area contributed by atoms with Crippen molar-refractivity contribution in [2.45, 2.75) is 46.6 Å². The molecule has 1 atom stereocenters. The highest BCUT2D eigenvalue weighted by Gasteiger charge is 2.21. The van der Waals surface area contributed by atoms with Crippen molar-refractivity contribution in [3.05, 3.63) is 29.3 Å². The summed E-state index contributed by atoms with van der Waals surface area (Å²) in [6.07, 6.45) is 3.38. The molecule has 0 radical (unpaired) electrons. The van der Waals surface area contributed by atoms with E-state index in [1.54, 1.807) is 7.11 Å². The molecule has 1 saturated heterocycles. The van der Waals surface area contributed by atoms with Crippen LogP contribution in [0.4, 0.5) is 0 Å². The quantitative estimate of drug-likeness (QED) is 0.318. The van der Waals surface area contributed by atoms with Gasteiger partial charge in [0.2, 0.25) is 0 Å². The van der Waals surface area contributed by atoms with E-state index in [0.717, 1.165) is 36.8 Å². The van der Waals surface area contributed by atoms with E-state index in [-0.39, 0.29) is 0 Å². The molecule has 1 aliphatic rings. The Bertz CT molecular complexity index is 621. The lowest BCUT2D eigenvalue weighted by molar-refractivity contribution is 0.172. The van der Waals surface area contributed by atoms with Gasteiger partial charge in [-0.05, 0) is 57.3 Å². The number of likely N-dealkylation sites (tertiary alicyclic amines) is 1. The zero-order chi connectivity index (χ0) is 20.9. The molecule has 29 heavy (non-hydrogen) atoms. The number of hydrogen-bond acceptors (Lipinski definition) is 4. The summed E-state index contributed by atoms with van der Waals surface area (Å²) in [5, 5.41) is 6.91. The Morgan fingerprint density at radius 2 is 2.10 bits per heavy atom. The van der Waals surface area contributed by atoms with Crippen molar-refractivity contribution in [1.29, 1.82) is 0 Å². The fourth-order valence-electron chi connectivity index (χ4n) is 3.66. The average Bonchev–Trinajstić information content (AvgIpc) is 3.16. The van der Waals surface area contributed by atoms with Gasteiger partial charge in [-0.2, -0.15) is 0 Å². The number of nitrogens with one attached hydrogen (secondary N) is 2. The number of ether oxygens (including phenoxy) is 2. The lowest BCUT2D eigenvalue weighted by atomic mass is 10.1. The highest BCUT2D eigenvalue weighted by molar-refractivity contribution is 5.79. The van der Waals surface area contributed by atoms with Crippen molar-refractivity contribution in [3.8, 4) is 5.75 Å². The van der Waals surface area contributed by atoms with Gasteiger partial charge in [-0.1, -0.05) is 19.1 Å². The number of guanidine groups is 1. The van der Waals surface area contributed by atoms with Gasteiger partial charge in [0.25, 0.3) is 0 Å². The molecule has 164 valence electrons. The van der Waals surface area contributed by atoms with Gasteiger partial charge in [0.05, 0.1) is 13.2 Å². The summed E-state index contributed by atoms with van der Waals surface area (Å²) < 4.78 is 11.1. The van der Waals surface area contributed by atoms with E-state index in [2.05, 4.69) is 54.5 Å². The summed E-state index contributed by atoms with van der Waals surface area (Å²) in [5.41, 5.74) is 2.31. The predicted molar refractivity (Wildman–Crippen MR) is 121 cm³/mol. The molecule has 1 aliphatic heterocycles. The van der Waals surface area contributed by atoms with E-state index in [4.69, 9.17) is 14.5 Å². The Balaban J connectivity index is 1.91. The molecule has 0 bridgehead atoms. The second kappa shape index (κ2) is 13.4. The first-order chi connectivity index (χ1) is 14.2. The summed E-state index contributed by atoms with van der Waals surface area (Å²) >= 11 is 0. The van der Waals surface area contributed by atoms with Crippen LogP contribution in [0.25, 0.3) is 0 Å². The first-order valence-corrected chi connectivity index (χ1v) is 11.1. The molecule has 0 aromatic heterocycles. The summed E-state index contributed by atoms with van der Waals surface area (Å²) in [5.74, 6) is 2.50. The monoisotopic (exact) mass is 404 g/mol. The second-order valence-electron chi connectivity index (χ2n) is 7.84. The third-order valence-electron chi connectivity index (χ3n) is 5.19.